The third-order valence-electron chi connectivity index (χ3n) is 3.50. The van der Waals surface area contributed by atoms with Gasteiger partial charge in [-0.15, -0.1) is 0 Å². The van der Waals surface area contributed by atoms with Crippen LogP contribution in [0.1, 0.15) is 24.1 Å². The lowest BCUT2D eigenvalue weighted by atomic mass is 10.1. The summed E-state index contributed by atoms with van der Waals surface area (Å²) in [6, 6.07) is 11.1. The van der Waals surface area contributed by atoms with Gasteiger partial charge in [0.1, 0.15) is 0 Å². The first kappa shape index (κ1) is 17.2. The monoisotopic (exact) mass is 332 g/mol. The van der Waals surface area contributed by atoms with Crippen LogP contribution in [0.15, 0.2) is 47.6 Å². The van der Waals surface area contributed by atoms with Crippen molar-refractivity contribution in [2.24, 2.45) is 7.05 Å². The van der Waals surface area contributed by atoms with E-state index in [4.69, 9.17) is 5.26 Å². The van der Waals surface area contributed by atoms with E-state index in [1.165, 1.54) is 0 Å². The minimum absolute atomic E-state index is 0.0320. The molecule has 0 bridgehead atoms. The van der Waals surface area contributed by atoms with Crippen molar-refractivity contribution in [1.82, 2.24) is 14.6 Å². The summed E-state index contributed by atoms with van der Waals surface area (Å²) in [6.45, 7) is 2.76. The van der Waals surface area contributed by atoms with Crippen molar-refractivity contribution in [3.63, 3.8) is 0 Å². The summed E-state index contributed by atoms with van der Waals surface area (Å²) in [5.74, 6) is 0. The molecule has 0 aliphatic heterocycles. The Kier molecular flexibility index (Phi) is 5.55. The summed E-state index contributed by atoms with van der Waals surface area (Å²) < 4.78 is 28.4. The standard InChI is InChI=1S/C16H20N4O2S/c1-13(15-5-3-4-14(10-15)11-17)18-7-8-19-23(21,22)16-6-9-20(2)12-16/h3-6,9-10,12-13,18-19H,7-8H2,1-2H3/t13-/m1/s1. The summed E-state index contributed by atoms with van der Waals surface area (Å²) in [7, 11) is -1.69. The van der Waals surface area contributed by atoms with Crippen LogP contribution in [-0.2, 0) is 17.1 Å². The van der Waals surface area contributed by atoms with Crippen LogP contribution in [-0.4, -0.2) is 26.1 Å². The first-order valence-electron chi connectivity index (χ1n) is 7.27. The zero-order valence-corrected chi connectivity index (χ0v) is 14.0. The Balaban J connectivity index is 1.84. The second-order valence-electron chi connectivity index (χ2n) is 5.32. The summed E-state index contributed by atoms with van der Waals surface area (Å²) >= 11 is 0. The van der Waals surface area contributed by atoms with Crippen molar-refractivity contribution in [2.75, 3.05) is 13.1 Å². The quantitative estimate of drug-likeness (QED) is 0.753. The third-order valence-corrected chi connectivity index (χ3v) is 4.94. The summed E-state index contributed by atoms with van der Waals surface area (Å²) in [4.78, 5) is 0.259. The third kappa shape index (κ3) is 4.66. The maximum absolute atomic E-state index is 12.1. The molecule has 0 saturated heterocycles. The van der Waals surface area contributed by atoms with Gasteiger partial charge in [-0.3, -0.25) is 0 Å². The van der Waals surface area contributed by atoms with Crippen molar-refractivity contribution in [3.05, 3.63) is 53.9 Å². The number of rotatable bonds is 7. The Morgan fingerprint density at radius 2 is 2.09 bits per heavy atom. The Morgan fingerprint density at radius 3 is 2.74 bits per heavy atom. The van der Waals surface area contributed by atoms with E-state index in [0.29, 0.717) is 18.7 Å². The van der Waals surface area contributed by atoms with Crippen molar-refractivity contribution >= 4 is 10.0 Å². The fourth-order valence-electron chi connectivity index (χ4n) is 2.19. The predicted octanol–water partition coefficient (Wildman–Crippen LogP) is 1.53. The zero-order chi connectivity index (χ0) is 16.9. The first-order chi connectivity index (χ1) is 10.9. The van der Waals surface area contributed by atoms with Gasteiger partial charge in [-0.05, 0) is 30.7 Å². The molecule has 0 amide bonds. The molecular weight excluding hydrogens is 312 g/mol. The van der Waals surface area contributed by atoms with Crippen LogP contribution < -0.4 is 10.0 Å². The average Bonchev–Trinajstić information content (AvgIpc) is 2.99. The molecule has 122 valence electrons. The fraction of sp³-hybridized carbons (Fsp3) is 0.312. The molecule has 1 aromatic carbocycles. The average molecular weight is 332 g/mol. The number of nitrogens with zero attached hydrogens (tertiary/aromatic N) is 2. The lowest BCUT2D eigenvalue weighted by Crippen LogP contribution is -2.32. The Hall–Kier alpha value is -2.14. The molecule has 23 heavy (non-hydrogen) atoms. The largest absolute Gasteiger partial charge is 0.356 e. The van der Waals surface area contributed by atoms with Crippen LogP contribution in [0.3, 0.4) is 0 Å². The van der Waals surface area contributed by atoms with E-state index >= 15 is 0 Å². The van der Waals surface area contributed by atoms with E-state index in [1.807, 2.05) is 25.1 Å². The van der Waals surface area contributed by atoms with Gasteiger partial charge < -0.3 is 9.88 Å². The van der Waals surface area contributed by atoms with Crippen LogP contribution >= 0.6 is 0 Å². The van der Waals surface area contributed by atoms with E-state index in [9.17, 15) is 8.42 Å². The van der Waals surface area contributed by atoms with Gasteiger partial charge in [0.2, 0.25) is 10.0 Å². The minimum atomic E-state index is -3.47. The van der Waals surface area contributed by atoms with E-state index in [2.05, 4.69) is 16.1 Å². The molecule has 2 N–H and O–H groups in total. The van der Waals surface area contributed by atoms with Gasteiger partial charge in [-0.25, -0.2) is 13.1 Å². The molecule has 0 aliphatic rings. The van der Waals surface area contributed by atoms with Gasteiger partial charge in [0, 0.05) is 38.6 Å². The van der Waals surface area contributed by atoms with Crippen molar-refractivity contribution in [3.8, 4) is 6.07 Å². The molecule has 2 rings (SSSR count). The second-order valence-corrected chi connectivity index (χ2v) is 7.09. The van der Waals surface area contributed by atoms with E-state index in [-0.39, 0.29) is 10.9 Å². The van der Waals surface area contributed by atoms with Crippen LogP contribution in [0.4, 0.5) is 0 Å². The van der Waals surface area contributed by atoms with Gasteiger partial charge in [0.15, 0.2) is 0 Å². The number of hydrogen-bond acceptors (Lipinski definition) is 4. The number of benzene rings is 1. The highest BCUT2D eigenvalue weighted by Gasteiger charge is 2.14. The maximum atomic E-state index is 12.1. The molecule has 0 fully saturated rings. The molecule has 2 aromatic rings. The lowest BCUT2D eigenvalue weighted by molar-refractivity contribution is 0.553. The Bertz CT molecular complexity index is 805. The highest BCUT2D eigenvalue weighted by molar-refractivity contribution is 7.89. The molecular formula is C16H20N4O2S. The van der Waals surface area contributed by atoms with Gasteiger partial charge in [0.05, 0.1) is 16.5 Å². The van der Waals surface area contributed by atoms with Gasteiger partial charge in [-0.2, -0.15) is 5.26 Å². The molecule has 0 unspecified atom stereocenters. The highest BCUT2D eigenvalue weighted by Crippen LogP contribution is 2.13. The normalized spacial score (nSPS) is 12.7. The van der Waals surface area contributed by atoms with Gasteiger partial charge in [-0.1, -0.05) is 12.1 Å². The molecule has 0 saturated carbocycles. The first-order valence-corrected chi connectivity index (χ1v) is 8.76. The van der Waals surface area contributed by atoms with Crippen molar-refractivity contribution in [2.45, 2.75) is 17.9 Å². The maximum Gasteiger partial charge on any atom is 0.242 e. The van der Waals surface area contributed by atoms with E-state index in [0.717, 1.165) is 5.56 Å². The second kappa shape index (κ2) is 7.42. The number of nitrogens with one attached hydrogen (secondary N) is 2. The molecule has 0 spiro atoms. The molecule has 1 heterocycles. The summed E-state index contributed by atoms with van der Waals surface area (Å²) in [5.41, 5.74) is 1.61. The van der Waals surface area contributed by atoms with E-state index < -0.39 is 10.0 Å². The van der Waals surface area contributed by atoms with Crippen molar-refractivity contribution in [1.29, 1.82) is 5.26 Å². The fourth-order valence-corrected chi connectivity index (χ4v) is 3.27. The van der Waals surface area contributed by atoms with Gasteiger partial charge >= 0.3 is 0 Å². The summed E-state index contributed by atoms with van der Waals surface area (Å²) in [5, 5.41) is 12.1. The molecule has 1 atom stereocenters. The lowest BCUT2D eigenvalue weighted by Gasteiger charge is -2.14. The number of sulfonamides is 1. The van der Waals surface area contributed by atoms with Crippen LogP contribution in [0.25, 0.3) is 0 Å². The van der Waals surface area contributed by atoms with Crippen LogP contribution in [0.2, 0.25) is 0 Å². The number of nitriles is 1. The topological polar surface area (TPSA) is 86.9 Å². The predicted molar refractivity (Wildman–Crippen MR) is 88.2 cm³/mol. The number of aromatic nitrogens is 1. The van der Waals surface area contributed by atoms with E-state index in [1.54, 1.807) is 36.1 Å². The highest BCUT2D eigenvalue weighted by atomic mass is 32.2. The van der Waals surface area contributed by atoms with Gasteiger partial charge in [0.25, 0.3) is 0 Å². The number of hydrogen-bond donors (Lipinski definition) is 2. The molecule has 1 aromatic heterocycles. The minimum Gasteiger partial charge on any atom is -0.356 e. The Labute approximate surface area is 136 Å². The van der Waals surface area contributed by atoms with Crippen LogP contribution in [0.5, 0.6) is 0 Å². The number of aryl methyl sites for hydroxylation is 1. The molecule has 7 heteroatoms. The smallest absolute Gasteiger partial charge is 0.242 e. The summed E-state index contributed by atoms with van der Waals surface area (Å²) in [6.07, 6.45) is 3.25. The van der Waals surface area contributed by atoms with Crippen molar-refractivity contribution < 1.29 is 8.42 Å². The molecule has 6 nitrogen and oxygen atoms in total. The Morgan fingerprint density at radius 1 is 1.30 bits per heavy atom. The zero-order valence-electron chi connectivity index (χ0n) is 13.2. The molecule has 0 radical (unpaired) electrons. The van der Waals surface area contributed by atoms with Crippen LogP contribution in [0, 0.1) is 11.3 Å². The molecule has 0 aliphatic carbocycles. The SMILES string of the molecule is C[C@@H](NCCNS(=O)(=O)c1ccn(C)c1)c1cccc(C#N)c1.